The monoisotopic (exact) mass is 470 g/mol. The predicted molar refractivity (Wildman–Crippen MR) is 121 cm³/mol. The van der Waals surface area contributed by atoms with Crippen molar-refractivity contribution in [1.82, 2.24) is 25.1 Å². The number of aromatic nitrogens is 5. The number of H-pyrrole nitrogens is 1. The number of carbonyl (C=O) groups is 1. The van der Waals surface area contributed by atoms with Crippen molar-refractivity contribution in [1.29, 1.82) is 0 Å². The Kier molecular flexibility index (Phi) is 6.37. The first kappa shape index (κ1) is 21.5. The molecule has 1 aromatic carbocycles. The van der Waals surface area contributed by atoms with Crippen molar-refractivity contribution in [2.75, 3.05) is 5.32 Å². The topological polar surface area (TPSA) is 117 Å². The highest BCUT2D eigenvalue weighted by atomic mass is 32.2. The van der Waals surface area contributed by atoms with E-state index in [1.165, 1.54) is 41.2 Å². The van der Waals surface area contributed by atoms with E-state index in [4.69, 9.17) is 0 Å². The van der Waals surface area contributed by atoms with Gasteiger partial charge in [-0.3, -0.25) is 15.2 Å². The number of thiazole rings is 1. The number of nitrogens with zero attached hydrogens (tertiary/aromatic N) is 4. The number of hydrogen-bond donors (Lipinski definition) is 3. The fourth-order valence-corrected chi connectivity index (χ4v) is 4.66. The van der Waals surface area contributed by atoms with Crippen LogP contribution in [0, 0.1) is 0 Å². The van der Waals surface area contributed by atoms with Gasteiger partial charge in [-0.15, -0.1) is 11.3 Å². The van der Waals surface area contributed by atoms with E-state index in [9.17, 15) is 9.90 Å². The third-order valence-corrected chi connectivity index (χ3v) is 6.66. The summed E-state index contributed by atoms with van der Waals surface area (Å²) in [5.74, 6) is -0.342. The maximum Gasteiger partial charge on any atom is 0.277 e. The highest BCUT2D eigenvalue weighted by Crippen LogP contribution is 2.34. The fourth-order valence-electron chi connectivity index (χ4n) is 2.57. The number of aliphatic hydroxyl groups is 1. The molecule has 4 aromatic rings. The van der Waals surface area contributed by atoms with Gasteiger partial charge in [0.2, 0.25) is 0 Å². The van der Waals surface area contributed by atoms with Crippen molar-refractivity contribution < 1.29 is 9.90 Å². The SMILES string of the molecule is CC(C)(O)c1ccc(Sc2ccc(Sc3ncn[nH]3)nc2C(=O)Nc2nccs2)cc1. The highest BCUT2D eigenvalue weighted by Gasteiger charge is 2.19. The van der Waals surface area contributed by atoms with Crippen LogP contribution in [0.5, 0.6) is 0 Å². The maximum absolute atomic E-state index is 13.0. The minimum Gasteiger partial charge on any atom is -0.386 e. The Morgan fingerprint density at radius 3 is 2.58 bits per heavy atom. The highest BCUT2D eigenvalue weighted by molar-refractivity contribution is 7.99. The van der Waals surface area contributed by atoms with E-state index in [2.05, 4.69) is 30.5 Å². The third-order valence-electron chi connectivity index (χ3n) is 4.08. The van der Waals surface area contributed by atoms with Crippen molar-refractivity contribution in [2.45, 2.75) is 39.4 Å². The Morgan fingerprint density at radius 2 is 1.94 bits per heavy atom. The zero-order valence-corrected chi connectivity index (χ0v) is 19.0. The number of hydrogen-bond acceptors (Lipinski definition) is 9. The Labute approximate surface area is 191 Å². The van der Waals surface area contributed by atoms with Crippen LogP contribution in [0.3, 0.4) is 0 Å². The average molecular weight is 471 g/mol. The molecule has 0 spiro atoms. The molecule has 158 valence electrons. The van der Waals surface area contributed by atoms with Gasteiger partial charge >= 0.3 is 0 Å². The maximum atomic E-state index is 13.0. The van der Waals surface area contributed by atoms with Gasteiger partial charge in [0.15, 0.2) is 10.3 Å². The zero-order valence-electron chi connectivity index (χ0n) is 16.6. The number of aromatic amines is 1. The molecule has 3 N–H and O–H groups in total. The van der Waals surface area contributed by atoms with E-state index >= 15 is 0 Å². The lowest BCUT2D eigenvalue weighted by Gasteiger charge is -2.18. The summed E-state index contributed by atoms with van der Waals surface area (Å²) in [7, 11) is 0. The van der Waals surface area contributed by atoms with Crippen LogP contribution in [0.2, 0.25) is 0 Å². The summed E-state index contributed by atoms with van der Waals surface area (Å²) in [6, 6.07) is 11.3. The molecule has 0 radical (unpaired) electrons. The quantitative estimate of drug-likeness (QED) is 0.363. The molecule has 8 nitrogen and oxygen atoms in total. The van der Waals surface area contributed by atoms with Gasteiger partial charge in [0.05, 0.1) is 5.60 Å². The van der Waals surface area contributed by atoms with Crippen molar-refractivity contribution >= 4 is 45.9 Å². The Bertz CT molecular complexity index is 1160. The number of anilines is 1. The second kappa shape index (κ2) is 9.18. The van der Waals surface area contributed by atoms with Gasteiger partial charge in [-0.25, -0.2) is 15.0 Å². The number of nitrogens with one attached hydrogen (secondary N) is 2. The molecule has 11 heteroatoms. The van der Waals surface area contributed by atoms with Gasteiger partial charge in [0.25, 0.3) is 5.91 Å². The summed E-state index contributed by atoms with van der Waals surface area (Å²) in [4.78, 5) is 27.3. The smallest absolute Gasteiger partial charge is 0.277 e. The van der Waals surface area contributed by atoms with E-state index in [0.29, 0.717) is 20.2 Å². The fraction of sp³-hybridized carbons (Fsp3) is 0.150. The molecule has 31 heavy (non-hydrogen) atoms. The van der Waals surface area contributed by atoms with E-state index in [-0.39, 0.29) is 11.6 Å². The molecule has 0 unspecified atom stereocenters. The molecule has 0 saturated carbocycles. The Balaban J connectivity index is 1.62. The van der Waals surface area contributed by atoms with E-state index in [1.807, 2.05) is 36.4 Å². The van der Waals surface area contributed by atoms with E-state index in [0.717, 1.165) is 10.5 Å². The molecule has 4 rings (SSSR count). The van der Waals surface area contributed by atoms with E-state index < -0.39 is 5.60 Å². The number of benzene rings is 1. The van der Waals surface area contributed by atoms with Gasteiger partial charge in [-0.2, -0.15) is 5.10 Å². The minimum absolute atomic E-state index is 0.288. The molecule has 3 heterocycles. The summed E-state index contributed by atoms with van der Waals surface area (Å²) in [6.45, 7) is 3.48. The predicted octanol–water partition coefficient (Wildman–Crippen LogP) is 4.44. The lowest BCUT2D eigenvalue weighted by atomic mass is 9.99. The molecule has 0 aliphatic rings. The van der Waals surface area contributed by atoms with Crippen molar-refractivity contribution in [3.63, 3.8) is 0 Å². The minimum atomic E-state index is -0.914. The molecular weight excluding hydrogens is 452 g/mol. The van der Waals surface area contributed by atoms with Crippen molar-refractivity contribution in [2.24, 2.45) is 0 Å². The summed E-state index contributed by atoms with van der Waals surface area (Å²) in [5.41, 5.74) is 0.190. The zero-order chi connectivity index (χ0) is 21.8. The molecule has 0 atom stereocenters. The summed E-state index contributed by atoms with van der Waals surface area (Å²) in [5, 5.41) is 23.0. The van der Waals surface area contributed by atoms with Crippen LogP contribution in [0.25, 0.3) is 0 Å². The normalized spacial score (nSPS) is 11.5. The second-order valence-corrected chi connectivity index (χ2v) is 9.88. The van der Waals surface area contributed by atoms with Crippen LogP contribution < -0.4 is 5.32 Å². The summed E-state index contributed by atoms with van der Waals surface area (Å²) >= 11 is 4.05. The van der Waals surface area contributed by atoms with Gasteiger partial charge in [-0.05, 0) is 55.4 Å². The van der Waals surface area contributed by atoms with Crippen LogP contribution in [0.1, 0.15) is 29.9 Å². The largest absolute Gasteiger partial charge is 0.386 e. The molecule has 0 aliphatic heterocycles. The molecule has 1 amide bonds. The number of carbonyl (C=O) groups excluding carboxylic acids is 1. The summed E-state index contributed by atoms with van der Waals surface area (Å²) < 4.78 is 0. The second-order valence-electron chi connectivity index (χ2n) is 6.87. The molecule has 0 aliphatic carbocycles. The standard InChI is InChI=1S/C20H18N6O2S3/c1-20(2,28)12-3-5-13(6-4-12)30-14-7-8-15(31-19-22-11-23-26-19)24-16(14)17(27)25-18-21-9-10-29-18/h3-11,28H,1-2H3,(H,21,25,27)(H,22,23,26). The number of rotatable bonds is 7. The van der Waals surface area contributed by atoms with Crippen molar-refractivity contribution in [3.05, 3.63) is 65.6 Å². The average Bonchev–Trinajstić information content (AvgIpc) is 3.43. The van der Waals surface area contributed by atoms with Crippen LogP contribution in [-0.4, -0.2) is 36.2 Å². The first-order valence-corrected chi connectivity index (χ1v) is 11.7. The lowest BCUT2D eigenvalue weighted by Crippen LogP contribution is -2.15. The summed E-state index contributed by atoms with van der Waals surface area (Å²) in [6.07, 6.45) is 3.05. The lowest BCUT2D eigenvalue weighted by molar-refractivity contribution is 0.0785. The van der Waals surface area contributed by atoms with Gasteiger partial charge in [0.1, 0.15) is 17.0 Å². The van der Waals surface area contributed by atoms with Gasteiger partial charge in [0, 0.05) is 21.4 Å². The van der Waals surface area contributed by atoms with Crippen molar-refractivity contribution in [3.8, 4) is 0 Å². The molecule has 0 fully saturated rings. The van der Waals surface area contributed by atoms with Crippen LogP contribution in [-0.2, 0) is 5.60 Å². The third kappa shape index (κ3) is 5.50. The van der Waals surface area contributed by atoms with Gasteiger partial charge < -0.3 is 5.11 Å². The van der Waals surface area contributed by atoms with Crippen LogP contribution >= 0.6 is 34.9 Å². The first-order valence-electron chi connectivity index (χ1n) is 9.14. The Hall–Kier alpha value is -2.73. The Morgan fingerprint density at radius 1 is 1.13 bits per heavy atom. The molecule has 0 bridgehead atoms. The molecule has 3 aromatic heterocycles. The van der Waals surface area contributed by atoms with Gasteiger partial charge in [-0.1, -0.05) is 23.9 Å². The van der Waals surface area contributed by atoms with Crippen LogP contribution in [0.15, 0.2) is 74.3 Å². The first-order chi connectivity index (χ1) is 14.9. The molecular formula is C20H18N6O2S3. The van der Waals surface area contributed by atoms with E-state index in [1.54, 1.807) is 25.4 Å². The van der Waals surface area contributed by atoms with Crippen LogP contribution in [0.4, 0.5) is 5.13 Å². The molecule has 0 saturated heterocycles. The number of amides is 1. The number of pyridine rings is 1.